The number of nitrogens with zero attached hydrogens (tertiary/aromatic N) is 1. The maximum Gasteiger partial charge on any atom is 0.263 e. The van der Waals surface area contributed by atoms with Gasteiger partial charge in [0.15, 0.2) is 5.82 Å². The highest BCUT2D eigenvalue weighted by molar-refractivity contribution is 7.92. The summed E-state index contributed by atoms with van der Waals surface area (Å²) in [5.41, 5.74) is 0.615. The highest BCUT2D eigenvalue weighted by Gasteiger charge is 2.16. The number of anilines is 1. The first-order valence-electron chi connectivity index (χ1n) is 6.87. The molecule has 0 bridgehead atoms. The number of hydrogen-bond donors (Lipinski definition) is 1. The Hall–Kier alpha value is -2.74. The Balaban J connectivity index is 1.88. The van der Waals surface area contributed by atoms with Crippen molar-refractivity contribution in [1.82, 2.24) is 5.16 Å². The highest BCUT2D eigenvalue weighted by atomic mass is 32.2. The lowest BCUT2D eigenvalue weighted by molar-refractivity contribution is 0.400. The van der Waals surface area contributed by atoms with Gasteiger partial charge in [-0.05, 0) is 36.8 Å². The first-order valence-corrected chi connectivity index (χ1v) is 8.35. The van der Waals surface area contributed by atoms with Gasteiger partial charge < -0.3 is 4.52 Å². The Morgan fingerprint density at radius 3 is 2.33 bits per heavy atom. The van der Waals surface area contributed by atoms with E-state index in [0.29, 0.717) is 11.3 Å². The van der Waals surface area contributed by atoms with Crippen LogP contribution in [0.15, 0.2) is 57.9 Å². The van der Waals surface area contributed by atoms with Crippen molar-refractivity contribution in [2.24, 2.45) is 0 Å². The summed E-state index contributed by atoms with van der Waals surface area (Å²) in [5.74, 6) is -0.861. The molecule has 1 N–H and O–H groups in total. The predicted octanol–water partition coefficient (Wildman–Crippen LogP) is 3.73. The van der Waals surface area contributed by atoms with Gasteiger partial charge in [0, 0.05) is 17.7 Å². The van der Waals surface area contributed by atoms with Gasteiger partial charge in [-0.2, -0.15) is 0 Å². The molecule has 0 fully saturated rings. The van der Waals surface area contributed by atoms with Crippen LogP contribution in [0.3, 0.4) is 0 Å². The van der Waals surface area contributed by atoms with Gasteiger partial charge in [0.1, 0.15) is 17.4 Å². The minimum absolute atomic E-state index is 0.0191. The van der Waals surface area contributed by atoms with Gasteiger partial charge in [-0.1, -0.05) is 17.3 Å². The molecule has 1 aromatic heterocycles. The van der Waals surface area contributed by atoms with E-state index in [9.17, 15) is 17.2 Å². The molecule has 3 rings (SSSR count). The molecule has 24 heavy (non-hydrogen) atoms. The zero-order valence-electron chi connectivity index (χ0n) is 12.5. The summed E-state index contributed by atoms with van der Waals surface area (Å²) in [5, 5.41) is 3.56. The molecule has 0 aliphatic heterocycles. The van der Waals surface area contributed by atoms with E-state index >= 15 is 0 Å². The van der Waals surface area contributed by atoms with E-state index < -0.39 is 21.7 Å². The molecule has 1 heterocycles. The molecule has 3 aromatic rings. The van der Waals surface area contributed by atoms with Crippen molar-refractivity contribution in [3.63, 3.8) is 0 Å². The number of rotatable bonds is 4. The van der Waals surface area contributed by atoms with Gasteiger partial charge >= 0.3 is 0 Å². The summed E-state index contributed by atoms with van der Waals surface area (Å²) in [6, 6.07) is 10.2. The fourth-order valence-electron chi connectivity index (χ4n) is 2.15. The number of hydrogen-bond acceptors (Lipinski definition) is 4. The summed E-state index contributed by atoms with van der Waals surface area (Å²) in [4.78, 5) is -0.0191. The molecule has 0 radical (unpaired) electrons. The fraction of sp³-hybridized carbons (Fsp3) is 0.0625. The Kier molecular flexibility index (Phi) is 4.06. The van der Waals surface area contributed by atoms with Gasteiger partial charge in [0.25, 0.3) is 10.0 Å². The van der Waals surface area contributed by atoms with Crippen LogP contribution in [0.4, 0.5) is 14.6 Å². The maximum atomic E-state index is 13.8. The smallest absolute Gasteiger partial charge is 0.263 e. The van der Waals surface area contributed by atoms with Crippen LogP contribution in [0.2, 0.25) is 0 Å². The van der Waals surface area contributed by atoms with Crippen molar-refractivity contribution >= 4 is 15.8 Å². The summed E-state index contributed by atoms with van der Waals surface area (Å²) in [7, 11) is -3.84. The maximum absolute atomic E-state index is 13.8. The monoisotopic (exact) mass is 350 g/mol. The number of nitrogens with one attached hydrogen (secondary N) is 1. The lowest BCUT2D eigenvalue weighted by atomic mass is 10.1. The van der Waals surface area contributed by atoms with E-state index in [1.54, 1.807) is 6.92 Å². The third-order valence-electron chi connectivity index (χ3n) is 3.27. The molecule has 124 valence electrons. The second-order valence-corrected chi connectivity index (χ2v) is 6.76. The second-order valence-electron chi connectivity index (χ2n) is 5.08. The number of aryl methyl sites for hydroxylation is 1. The Morgan fingerprint density at radius 2 is 1.75 bits per heavy atom. The molecule has 0 saturated carbocycles. The van der Waals surface area contributed by atoms with Crippen LogP contribution in [0.25, 0.3) is 11.1 Å². The van der Waals surface area contributed by atoms with E-state index in [0.717, 1.165) is 12.1 Å². The minimum Gasteiger partial charge on any atom is -0.360 e. The van der Waals surface area contributed by atoms with Gasteiger partial charge in [0.05, 0.1) is 4.90 Å². The zero-order valence-corrected chi connectivity index (χ0v) is 13.3. The predicted molar refractivity (Wildman–Crippen MR) is 83.8 cm³/mol. The van der Waals surface area contributed by atoms with Crippen LogP contribution >= 0.6 is 0 Å². The molecule has 0 aliphatic rings. The van der Waals surface area contributed by atoms with Crippen molar-refractivity contribution in [3.8, 4) is 11.1 Å². The van der Waals surface area contributed by atoms with Crippen LogP contribution < -0.4 is 4.72 Å². The third kappa shape index (κ3) is 3.28. The standard InChI is InChI=1S/C16H12F2N2O3S/c1-10-8-16(19-23-10)20-24(21,22)13-5-2-11(3-6-13)14-7-4-12(17)9-15(14)18/h2-9H,1H3,(H,19,20). The number of aromatic nitrogens is 1. The average Bonchev–Trinajstić information content (AvgIpc) is 2.92. The molecule has 0 aliphatic carbocycles. The van der Waals surface area contributed by atoms with Gasteiger partial charge in [-0.3, -0.25) is 4.72 Å². The lowest BCUT2D eigenvalue weighted by Gasteiger charge is -2.07. The highest BCUT2D eigenvalue weighted by Crippen LogP contribution is 2.25. The summed E-state index contributed by atoms with van der Waals surface area (Å²) in [6.45, 7) is 1.64. The molecule has 0 atom stereocenters. The topological polar surface area (TPSA) is 72.2 Å². The molecule has 0 unspecified atom stereocenters. The van der Waals surface area contributed by atoms with E-state index in [-0.39, 0.29) is 16.3 Å². The fourth-order valence-corrected chi connectivity index (χ4v) is 3.13. The number of benzene rings is 2. The minimum atomic E-state index is -3.84. The Bertz CT molecular complexity index is 983. The Labute approximate surface area is 137 Å². The van der Waals surface area contributed by atoms with Crippen LogP contribution in [-0.4, -0.2) is 13.6 Å². The summed E-state index contributed by atoms with van der Waals surface area (Å²) >= 11 is 0. The molecule has 2 aromatic carbocycles. The molecule has 0 saturated heterocycles. The van der Waals surface area contributed by atoms with Crippen molar-refractivity contribution in [2.75, 3.05) is 4.72 Å². The molecular weight excluding hydrogens is 338 g/mol. The van der Waals surface area contributed by atoms with Gasteiger partial charge in [-0.15, -0.1) is 0 Å². The average molecular weight is 350 g/mol. The SMILES string of the molecule is Cc1cc(NS(=O)(=O)c2ccc(-c3ccc(F)cc3F)cc2)no1. The van der Waals surface area contributed by atoms with Crippen molar-refractivity contribution in [1.29, 1.82) is 0 Å². The van der Waals surface area contributed by atoms with Crippen LogP contribution in [-0.2, 0) is 10.0 Å². The van der Waals surface area contributed by atoms with Crippen LogP contribution in [0.1, 0.15) is 5.76 Å². The largest absolute Gasteiger partial charge is 0.360 e. The van der Waals surface area contributed by atoms with Crippen molar-refractivity contribution in [2.45, 2.75) is 11.8 Å². The van der Waals surface area contributed by atoms with Crippen molar-refractivity contribution in [3.05, 3.63) is 65.9 Å². The zero-order chi connectivity index (χ0) is 17.3. The van der Waals surface area contributed by atoms with Crippen LogP contribution in [0.5, 0.6) is 0 Å². The number of halogens is 2. The van der Waals surface area contributed by atoms with E-state index in [1.807, 2.05) is 0 Å². The first-order chi connectivity index (χ1) is 11.3. The third-order valence-corrected chi connectivity index (χ3v) is 4.64. The lowest BCUT2D eigenvalue weighted by Crippen LogP contribution is -2.13. The van der Waals surface area contributed by atoms with E-state index in [4.69, 9.17) is 4.52 Å². The first kappa shape index (κ1) is 16.1. The van der Waals surface area contributed by atoms with Crippen LogP contribution in [0, 0.1) is 18.6 Å². The normalized spacial score (nSPS) is 11.5. The molecule has 0 amide bonds. The summed E-state index contributed by atoms with van der Waals surface area (Å²) in [6.07, 6.45) is 0. The molecule has 0 spiro atoms. The molecular formula is C16H12F2N2O3S. The van der Waals surface area contributed by atoms with E-state index in [1.165, 1.54) is 36.4 Å². The van der Waals surface area contributed by atoms with Crippen molar-refractivity contribution < 1.29 is 21.7 Å². The van der Waals surface area contributed by atoms with E-state index in [2.05, 4.69) is 9.88 Å². The quantitative estimate of drug-likeness (QED) is 0.778. The summed E-state index contributed by atoms with van der Waals surface area (Å²) < 4.78 is 58.3. The number of sulfonamides is 1. The molecule has 5 nitrogen and oxygen atoms in total. The van der Waals surface area contributed by atoms with Gasteiger partial charge in [0.2, 0.25) is 0 Å². The second kappa shape index (κ2) is 6.04. The van der Waals surface area contributed by atoms with Gasteiger partial charge in [-0.25, -0.2) is 17.2 Å². The Morgan fingerprint density at radius 1 is 1.04 bits per heavy atom. The molecule has 8 heteroatoms.